The summed E-state index contributed by atoms with van der Waals surface area (Å²) >= 11 is 0. The molecule has 1 rings (SSSR count). The van der Waals surface area contributed by atoms with E-state index in [1.165, 1.54) is 5.56 Å². The summed E-state index contributed by atoms with van der Waals surface area (Å²) in [5, 5.41) is 3.06. The number of halogens is 1. The Bertz CT molecular complexity index is 369. The second-order valence-electron chi connectivity index (χ2n) is 5.09. The van der Waals surface area contributed by atoms with Crippen LogP contribution in [0.2, 0.25) is 0 Å². The second kappa shape index (κ2) is 8.17. The maximum atomic E-state index is 5.80. The molecule has 102 valence electrons. The van der Waals surface area contributed by atoms with E-state index < -0.39 is 0 Å². The number of hydrogen-bond acceptors (Lipinski definition) is 2. The van der Waals surface area contributed by atoms with Crippen LogP contribution in [0.4, 0.5) is 0 Å². The molecule has 1 aromatic carbocycles. The number of nitrogens with one attached hydrogen (secondary N) is 1. The average molecular weight is 270 g/mol. The normalized spacial score (nSPS) is 11.3. The molecule has 0 saturated carbocycles. The Morgan fingerprint density at radius 1 is 1.17 bits per heavy atom. The van der Waals surface area contributed by atoms with Crippen molar-refractivity contribution in [2.24, 2.45) is 0 Å². The van der Waals surface area contributed by atoms with E-state index in [0.29, 0.717) is 6.61 Å². The Kier molecular flexibility index (Phi) is 7.72. The van der Waals surface area contributed by atoms with Gasteiger partial charge < -0.3 is 10.1 Å². The number of benzene rings is 1. The van der Waals surface area contributed by atoms with Crippen molar-refractivity contribution in [2.45, 2.75) is 26.2 Å². The first-order valence-corrected chi connectivity index (χ1v) is 6.07. The van der Waals surface area contributed by atoms with E-state index in [9.17, 15) is 0 Å². The van der Waals surface area contributed by atoms with Crippen molar-refractivity contribution in [3.8, 4) is 5.75 Å². The van der Waals surface area contributed by atoms with Crippen molar-refractivity contribution in [1.29, 1.82) is 0 Å². The molecule has 0 fully saturated rings. The quantitative estimate of drug-likeness (QED) is 0.826. The van der Waals surface area contributed by atoms with Gasteiger partial charge in [-0.05, 0) is 24.1 Å². The van der Waals surface area contributed by atoms with Gasteiger partial charge in [0, 0.05) is 6.54 Å². The molecule has 0 aromatic heterocycles. The summed E-state index contributed by atoms with van der Waals surface area (Å²) in [4.78, 5) is 0. The van der Waals surface area contributed by atoms with Gasteiger partial charge in [-0.2, -0.15) is 0 Å². The van der Waals surface area contributed by atoms with Crippen LogP contribution in [-0.2, 0) is 5.41 Å². The average Bonchev–Trinajstić information content (AvgIpc) is 2.28. The van der Waals surface area contributed by atoms with Crippen LogP contribution in [0.1, 0.15) is 26.3 Å². The van der Waals surface area contributed by atoms with E-state index in [0.717, 1.165) is 12.3 Å². The van der Waals surface area contributed by atoms with Crippen molar-refractivity contribution >= 4 is 12.4 Å². The summed E-state index contributed by atoms with van der Waals surface area (Å²) in [7, 11) is 1.93. The molecule has 0 bridgehead atoms. The van der Waals surface area contributed by atoms with Crippen LogP contribution in [0.5, 0.6) is 5.75 Å². The van der Waals surface area contributed by atoms with Crippen molar-refractivity contribution in [3.63, 3.8) is 0 Å². The van der Waals surface area contributed by atoms with Crippen molar-refractivity contribution in [1.82, 2.24) is 5.32 Å². The third-order valence-corrected chi connectivity index (χ3v) is 2.52. The van der Waals surface area contributed by atoms with Gasteiger partial charge in [-0.25, -0.2) is 0 Å². The predicted octanol–water partition coefficient (Wildman–Crippen LogP) is 3.56. The van der Waals surface area contributed by atoms with Gasteiger partial charge in [0.05, 0.1) is 0 Å². The first-order valence-electron chi connectivity index (χ1n) is 6.07. The molecule has 18 heavy (non-hydrogen) atoms. The first kappa shape index (κ1) is 17.0. The zero-order valence-corrected chi connectivity index (χ0v) is 12.5. The van der Waals surface area contributed by atoms with E-state index in [1.807, 2.05) is 25.3 Å². The highest BCUT2D eigenvalue weighted by molar-refractivity contribution is 5.85. The van der Waals surface area contributed by atoms with Crippen LogP contribution >= 0.6 is 12.4 Å². The Balaban J connectivity index is 0.00000289. The molecule has 0 spiro atoms. The van der Waals surface area contributed by atoms with E-state index in [4.69, 9.17) is 4.74 Å². The van der Waals surface area contributed by atoms with Crippen LogP contribution in [0.15, 0.2) is 36.4 Å². The Hall–Kier alpha value is -0.990. The molecule has 0 heterocycles. The minimum atomic E-state index is 0. The summed E-state index contributed by atoms with van der Waals surface area (Å²) in [6, 6.07) is 8.24. The third kappa shape index (κ3) is 5.56. The molecular formula is C15H24ClNO. The van der Waals surface area contributed by atoms with Gasteiger partial charge in [-0.3, -0.25) is 0 Å². The fourth-order valence-corrected chi connectivity index (χ4v) is 1.62. The van der Waals surface area contributed by atoms with Crippen molar-refractivity contribution in [3.05, 3.63) is 42.0 Å². The summed E-state index contributed by atoms with van der Waals surface area (Å²) in [5.74, 6) is 0.981. The van der Waals surface area contributed by atoms with E-state index in [1.54, 1.807) is 0 Å². The SMILES string of the molecule is CNCC=CCOc1ccccc1C(C)(C)C.Cl. The number of ether oxygens (including phenoxy) is 1. The number of para-hydroxylation sites is 1. The van der Waals surface area contributed by atoms with Crippen molar-refractivity contribution < 1.29 is 4.74 Å². The Morgan fingerprint density at radius 3 is 2.44 bits per heavy atom. The van der Waals surface area contributed by atoms with Crippen molar-refractivity contribution in [2.75, 3.05) is 20.2 Å². The lowest BCUT2D eigenvalue weighted by Gasteiger charge is -2.22. The second-order valence-corrected chi connectivity index (χ2v) is 5.09. The standard InChI is InChI=1S/C15H23NO.ClH/c1-15(2,3)13-9-5-6-10-14(13)17-12-8-7-11-16-4;/h5-10,16H,11-12H2,1-4H3;1H. The topological polar surface area (TPSA) is 21.3 Å². The minimum absolute atomic E-state index is 0. The van der Waals surface area contributed by atoms with Gasteiger partial charge in [-0.1, -0.05) is 51.1 Å². The monoisotopic (exact) mass is 269 g/mol. The summed E-state index contributed by atoms with van der Waals surface area (Å²) in [5.41, 5.74) is 1.37. The van der Waals surface area contributed by atoms with Crippen LogP contribution in [0.3, 0.4) is 0 Å². The number of rotatable bonds is 5. The van der Waals surface area contributed by atoms with Gasteiger partial charge in [0.1, 0.15) is 12.4 Å². The van der Waals surface area contributed by atoms with Crippen LogP contribution in [0.25, 0.3) is 0 Å². The molecule has 0 amide bonds. The molecule has 0 aliphatic heterocycles. The molecule has 1 N–H and O–H groups in total. The highest BCUT2D eigenvalue weighted by atomic mass is 35.5. The molecule has 0 aliphatic carbocycles. The predicted molar refractivity (Wildman–Crippen MR) is 81.0 cm³/mol. The molecular weight excluding hydrogens is 246 g/mol. The lowest BCUT2D eigenvalue weighted by atomic mass is 9.86. The molecule has 1 aromatic rings. The highest BCUT2D eigenvalue weighted by Gasteiger charge is 2.17. The third-order valence-electron chi connectivity index (χ3n) is 2.52. The zero-order chi connectivity index (χ0) is 12.7. The number of hydrogen-bond donors (Lipinski definition) is 1. The largest absolute Gasteiger partial charge is 0.489 e. The Labute approximate surface area is 117 Å². The molecule has 0 atom stereocenters. The molecule has 0 radical (unpaired) electrons. The number of likely N-dealkylation sites (N-methyl/N-ethyl adjacent to an activating group) is 1. The smallest absolute Gasteiger partial charge is 0.123 e. The van der Waals surface area contributed by atoms with Gasteiger partial charge >= 0.3 is 0 Å². The minimum Gasteiger partial charge on any atom is -0.489 e. The maximum Gasteiger partial charge on any atom is 0.123 e. The lowest BCUT2D eigenvalue weighted by molar-refractivity contribution is 0.350. The first-order chi connectivity index (χ1) is 8.05. The maximum absolute atomic E-state index is 5.80. The van der Waals surface area contributed by atoms with Crippen LogP contribution in [0, 0.1) is 0 Å². The van der Waals surface area contributed by atoms with E-state index in [2.05, 4.69) is 44.3 Å². The summed E-state index contributed by atoms with van der Waals surface area (Å²) < 4.78 is 5.80. The molecule has 0 aliphatic rings. The van der Waals surface area contributed by atoms with Crippen LogP contribution in [-0.4, -0.2) is 20.2 Å². The van der Waals surface area contributed by atoms with Gasteiger partial charge in [-0.15, -0.1) is 12.4 Å². The fourth-order valence-electron chi connectivity index (χ4n) is 1.62. The van der Waals surface area contributed by atoms with E-state index >= 15 is 0 Å². The van der Waals surface area contributed by atoms with E-state index in [-0.39, 0.29) is 17.8 Å². The van der Waals surface area contributed by atoms with Gasteiger partial charge in [0.15, 0.2) is 0 Å². The summed E-state index contributed by atoms with van der Waals surface area (Å²) in [6.45, 7) is 8.10. The summed E-state index contributed by atoms with van der Waals surface area (Å²) in [6.07, 6.45) is 4.11. The Morgan fingerprint density at radius 2 is 1.83 bits per heavy atom. The molecule has 0 saturated heterocycles. The molecule has 0 unspecified atom stereocenters. The highest BCUT2D eigenvalue weighted by Crippen LogP contribution is 2.30. The zero-order valence-electron chi connectivity index (χ0n) is 11.7. The van der Waals surface area contributed by atoms with Gasteiger partial charge in [0.25, 0.3) is 0 Å². The lowest BCUT2D eigenvalue weighted by Crippen LogP contribution is -2.13. The van der Waals surface area contributed by atoms with Crippen LogP contribution < -0.4 is 10.1 Å². The molecule has 2 nitrogen and oxygen atoms in total. The molecule has 3 heteroatoms. The van der Waals surface area contributed by atoms with Gasteiger partial charge in [0.2, 0.25) is 0 Å². The fraction of sp³-hybridized carbons (Fsp3) is 0.467.